The van der Waals surface area contributed by atoms with Crippen molar-refractivity contribution in [3.63, 3.8) is 0 Å². The maximum atomic E-state index is 2.63. The monoisotopic (exact) mass is 680 g/mol. The van der Waals surface area contributed by atoms with E-state index in [1.54, 1.807) is 22.3 Å². The summed E-state index contributed by atoms with van der Waals surface area (Å²) in [6, 6.07) is 9.56. The van der Waals surface area contributed by atoms with Crippen LogP contribution in [0.1, 0.15) is 148 Å². The lowest BCUT2D eigenvalue weighted by molar-refractivity contribution is 0.492. The van der Waals surface area contributed by atoms with Crippen LogP contribution in [0.25, 0.3) is 60.0 Å². The van der Waals surface area contributed by atoms with Gasteiger partial charge in [-0.15, -0.1) is 0 Å². The molecule has 0 aliphatic heterocycles. The van der Waals surface area contributed by atoms with Crippen molar-refractivity contribution >= 4 is 48.6 Å². The van der Waals surface area contributed by atoms with E-state index < -0.39 is 0 Å². The van der Waals surface area contributed by atoms with Gasteiger partial charge in [0.2, 0.25) is 0 Å². The molecule has 8 bridgehead atoms. The molecule has 3 atom stereocenters. The lowest BCUT2D eigenvalue weighted by Crippen LogP contribution is -2.09. The van der Waals surface area contributed by atoms with E-state index >= 15 is 0 Å². The molecule has 52 heavy (non-hydrogen) atoms. The highest BCUT2D eigenvalue weighted by Gasteiger charge is 2.29. The minimum atomic E-state index is 0.651. The lowest BCUT2D eigenvalue weighted by Gasteiger charge is -2.24. The molecular weight excluding hydrogens is 629 g/mol. The van der Waals surface area contributed by atoms with Gasteiger partial charge < -0.3 is 9.13 Å². The SMILES string of the molecule is C1=C2CCC(/C=C\c3c1c1c(n3-c3cccc(-n4c5c(c6c4/C=C\C4CCC/C(=C/6)C4)/C=C4/CCCC(/C=C\5)C4)c3)/C=C\C3CCC/C(=C/1)C3)CC2. The Morgan fingerprint density at radius 1 is 0.404 bits per heavy atom. The first-order valence-corrected chi connectivity index (χ1v) is 20.9. The molecule has 0 radical (unpaired) electrons. The summed E-state index contributed by atoms with van der Waals surface area (Å²) in [6.45, 7) is 0. The van der Waals surface area contributed by atoms with Crippen LogP contribution in [0.3, 0.4) is 0 Å². The molecule has 0 saturated heterocycles. The topological polar surface area (TPSA) is 9.86 Å². The molecule has 2 aromatic heterocycles. The molecule has 2 heteroatoms. The van der Waals surface area contributed by atoms with E-state index in [4.69, 9.17) is 0 Å². The first-order valence-electron chi connectivity index (χ1n) is 20.9. The zero-order chi connectivity index (χ0) is 34.2. The fourth-order valence-corrected chi connectivity index (χ4v) is 11.2. The van der Waals surface area contributed by atoms with Gasteiger partial charge in [0.15, 0.2) is 0 Å². The quantitative estimate of drug-likeness (QED) is 0.255. The zero-order valence-corrected chi connectivity index (χ0v) is 30.8. The molecular formula is C50H52N2. The third kappa shape index (κ3) is 5.43. The van der Waals surface area contributed by atoms with Gasteiger partial charge in [-0.2, -0.15) is 0 Å². The van der Waals surface area contributed by atoms with E-state index in [0.717, 1.165) is 0 Å². The summed E-state index contributed by atoms with van der Waals surface area (Å²) in [5.41, 5.74) is 20.3. The zero-order valence-electron chi connectivity index (χ0n) is 30.8. The summed E-state index contributed by atoms with van der Waals surface area (Å²) >= 11 is 0. The Morgan fingerprint density at radius 3 is 1.21 bits per heavy atom. The van der Waals surface area contributed by atoms with Crippen LogP contribution < -0.4 is 0 Å². The lowest BCUT2D eigenvalue weighted by atomic mass is 9.81. The van der Waals surface area contributed by atoms with Crippen molar-refractivity contribution in [1.29, 1.82) is 0 Å². The number of benzene rings is 1. The second-order valence-corrected chi connectivity index (χ2v) is 17.4. The number of aromatic nitrogens is 2. The van der Waals surface area contributed by atoms with Crippen molar-refractivity contribution in [3.05, 3.63) is 116 Å². The maximum Gasteiger partial charge on any atom is 0.0537 e. The Labute approximate surface area is 310 Å². The third-order valence-corrected chi connectivity index (χ3v) is 14.0. The van der Waals surface area contributed by atoms with Crippen LogP contribution in [0.2, 0.25) is 0 Å². The molecule has 262 valence electrons. The molecule has 9 aliphatic carbocycles. The van der Waals surface area contributed by atoms with Gasteiger partial charge in [0.05, 0.1) is 22.8 Å². The van der Waals surface area contributed by atoms with Crippen LogP contribution in [0.15, 0.2) is 70.9 Å². The highest BCUT2D eigenvalue weighted by Crippen LogP contribution is 2.45. The van der Waals surface area contributed by atoms with Crippen LogP contribution in [0.5, 0.6) is 0 Å². The predicted octanol–water partition coefficient (Wildman–Crippen LogP) is 13.7. The number of rotatable bonds is 2. The fraction of sp³-hybridized carbons (Fsp3) is 0.400. The molecule has 4 fully saturated rings. The number of hydrogen-bond acceptors (Lipinski definition) is 0. The van der Waals surface area contributed by atoms with Gasteiger partial charge in [0.1, 0.15) is 0 Å². The minimum absolute atomic E-state index is 0.651. The summed E-state index contributed by atoms with van der Waals surface area (Å²) in [5, 5.41) is 0. The van der Waals surface area contributed by atoms with Crippen LogP contribution in [-0.4, -0.2) is 9.13 Å². The minimum Gasteiger partial charge on any atom is -0.309 e. The van der Waals surface area contributed by atoms with Gasteiger partial charge in [-0.05, 0) is 169 Å². The Balaban J connectivity index is 1.15. The van der Waals surface area contributed by atoms with Gasteiger partial charge in [0, 0.05) is 33.6 Å². The molecule has 3 unspecified atom stereocenters. The number of fused-ring (bicyclic) bond motifs is 12. The third-order valence-electron chi connectivity index (χ3n) is 14.0. The molecule has 9 aliphatic rings. The molecule has 0 spiro atoms. The number of allylic oxidation sites excluding steroid dienone is 8. The maximum absolute atomic E-state index is 2.63. The van der Waals surface area contributed by atoms with Gasteiger partial charge in [-0.1, -0.05) is 77.0 Å². The fourth-order valence-electron chi connectivity index (χ4n) is 11.2. The van der Waals surface area contributed by atoms with Crippen LogP contribution >= 0.6 is 0 Å². The molecule has 1 aromatic carbocycles. The van der Waals surface area contributed by atoms with E-state index in [0.29, 0.717) is 23.7 Å². The van der Waals surface area contributed by atoms with Crippen LogP contribution in [-0.2, 0) is 0 Å². The first kappa shape index (κ1) is 31.2. The van der Waals surface area contributed by atoms with Crippen molar-refractivity contribution in [2.24, 2.45) is 23.7 Å². The standard InChI is InChI=1S/C50H52N2/c1-5-34-18-22-48-44(29-38(8-1)25-34)43-28-37-15-13-33(14-16-37)17-21-47(43)51(48)41-11-4-12-42(32-41)52-49-23-19-35-6-2-9-39(26-35)30-45(49)46-31-40-10-3-7-36(27-40)20-24-50(46)52/h4,11-12,17-24,28-36H,1-3,5-10,13-16,25-27H2/b21-17-,22-18-,23-19-,24-20-,37-28?,38-29-,39-30-,40-31-. The summed E-state index contributed by atoms with van der Waals surface area (Å²) in [5.74, 6) is 2.63. The van der Waals surface area contributed by atoms with Crippen molar-refractivity contribution in [2.45, 2.75) is 103 Å². The second-order valence-electron chi connectivity index (χ2n) is 17.4. The Hall–Kier alpha value is -4.30. The van der Waals surface area contributed by atoms with E-state index in [-0.39, 0.29) is 0 Å². The van der Waals surface area contributed by atoms with Gasteiger partial charge in [0.25, 0.3) is 0 Å². The highest BCUT2D eigenvalue weighted by atomic mass is 15.0. The van der Waals surface area contributed by atoms with Gasteiger partial charge in [-0.3, -0.25) is 0 Å². The number of nitrogens with zero attached hydrogens (tertiary/aromatic N) is 2. The van der Waals surface area contributed by atoms with Crippen molar-refractivity contribution < 1.29 is 0 Å². The molecule has 0 amide bonds. The Morgan fingerprint density at radius 2 is 0.788 bits per heavy atom. The van der Waals surface area contributed by atoms with Gasteiger partial charge in [-0.25, -0.2) is 0 Å². The summed E-state index contributed by atoms with van der Waals surface area (Å²) in [6.07, 6.45) is 50.9. The van der Waals surface area contributed by atoms with Crippen molar-refractivity contribution in [1.82, 2.24) is 9.13 Å². The molecule has 12 rings (SSSR count). The molecule has 2 nitrogen and oxygen atoms in total. The van der Waals surface area contributed by atoms with Crippen molar-refractivity contribution in [3.8, 4) is 11.4 Å². The molecule has 2 heterocycles. The van der Waals surface area contributed by atoms with Crippen LogP contribution in [0.4, 0.5) is 0 Å². The first-order chi connectivity index (χ1) is 25.7. The summed E-state index contributed by atoms with van der Waals surface area (Å²) < 4.78 is 5.25. The largest absolute Gasteiger partial charge is 0.309 e. The van der Waals surface area contributed by atoms with E-state index in [2.05, 4.69) is 106 Å². The van der Waals surface area contributed by atoms with E-state index in [1.807, 2.05) is 0 Å². The number of hydrogen-bond donors (Lipinski definition) is 0. The Kier molecular flexibility index (Phi) is 7.62. The second kappa shape index (κ2) is 12.7. The predicted molar refractivity (Wildman–Crippen MR) is 221 cm³/mol. The Bertz CT molecular complexity index is 2150. The summed E-state index contributed by atoms with van der Waals surface area (Å²) in [4.78, 5) is 0. The normalized spacial score (nSPS) is 32.4. The van der Waals surface area contributed by atoms with Crippen LogP contribution in [0, 0.1) is 23.7 Å². The smallest absolute Gasteiger partial charge is 0.0537 e. The summed E-state index contributed by atoms with van der Waals surface area (Å²) in [7, 11) is 0. The molecule has 4 saturated carbocycles. The molecule has 0 N–H and O–H groups in total. The average molecular weight is 681 g/mol. The van der Waals surface area contributed by atoms with E-state index in [1.165, 1.54) is 159 Å². The van der Waals surface area contributed by atoms with E-state index in [9.17, 15) is 0 Å². The average Bonchev–Trinajstić information content (AvgIpc) is 3.64. The van der Waals surface area contributed by atoms with Gasteiger partial charge >= 0.3 is 0 Å². The molecule has 3 aromatic rings. The van der Waals surface area contributed by atoms with Crippen molar-refractivity contribution in [2.75, 3.05) is 0 Å². The highest BCUT2D eigenvalue weighted by molar-refractivity contribution is 5.85.